The molecule has 0 saturated carbocycles. The molecule has 0 spiro atoms. The molecule has 20 heavy (non-hydrogen) atoms. The van der Waals surface area contributed by atoms with E-state index in [2.05, 4.69) is 0 Å². The largest absolute Gasteiger partial charge is 0.507 e. The second kappa shape index (κ2) is 6.88. The van der Waals surface area contributed by atoms with Crippen molar-refractivity contribution in [2.24, 2.45) is 11.7 Å². The fraction of sp³-hybridized carbons (Fsp3) is 0.538. The van der Waals surface area contributed by atoms with Crippen LogP contribution < -0.4 is 5.73 Å². The Morgan fingerprint density at radius 2 is 2.05 bits per heavy atom. The van der Waals surface area contributed by atoms with Gasteiger partial charge in [0.2, 0.25) is 0 Å². The first kappa shape index (κ1) is 16.7. The van der Waals surface area contributed by atoms with E-state index in [-0.39, 0.29) is 35.3 Å². The van der Waals surface area contributed by atoms with Gasteiger partial charge in [-0.1, -0.05) is 0 Å². The third-order valence-corrected chi connectivity index (χ3v) is 3.70. The molecule has 0 aromatic heterocycles. The molecule has 0 radical (unpaired) electrons. The lowest BCUT2D eigenvalue weighted by Gasteiger charge is -2.28. The van der Waals surface area contributed by atoms with Crippen LogP contribution in [0.2, 0.25) is 0 Å². The summed E-state index contributed by atoms with van der Waals surface area (Å²) in [7, 11) is 0. The molecule has 1 aromatic carbocycles. The number of hydrogen-bond acceptors (Lipinski definition) is 5. The first-order valence-corrected chi connectivity index (χ1v) is 6.32. The van der Waals surface area contributed by atoms with Crippen molar-refractivity contribution >= 4 is 18.1 Å². The predicted octanol–water partition coefficient (Wildman–Crippen LogP) is 2.46. The van der Waals surface area contributed by atoms with Gasteiger partial charge in [0.1, 0.15) is 5.75 Å². The van der Waals surface area contributed by atoms with Gasteiger partial charge in [-0.3, -0.25) is 10.1 Å². The summed E-state index contributed by atoms with van der Waals surface area (Å²) in [5.41, 5.74) is 6.90. The highest BCUT2D eigenvalue weighted by Crippen LogP contribution is 2.40. The molecule has 0 amide bonds. The van der Waals surface area contributed by atoms with E-state index < -0.39 is 11.0 Å². The third-order valence-electron chi connectivity index (χ3n) is 3.70. The molecule has 7 heteroatoms. The van der Waals surface area contributed by atoms with E-state index in [4.69, 9.17) is 10.5 Å². The van der Waals surface area contributed by atoms with Crippen LogP contribution in [0.4, 0.5) is 5.69 Å². The van der Waals surface area contributed by atoms with Crippen LogP contribution in [0, 0.1) is 23.0 Å². The number of benzene rings is 1. The molecule has 1 atom stereocenters. The minimum atomic E-state index is -0.538. The molecule has 1 aliphatic heterocycles. The minimum absolute atomic E-state index is 0. The molecule has 3 N–H and O–H groups in total. The quantitative estimate of drug-likeness (QED) is 0.660. The second-order valence-electron chi connectivity index (χ2n) is 4.90. The molecule has 1 heterocycles. The first-order valence-electron chi connectivity index (χ1n) is 6.32. The third kappa shape index (κ3) is 3.20. The maximum atomic E-state index is 11.1. The molecule has 6 nitrogen and oxygen atoms in total. The number of phenolic OH excluding ortho intramolecular Hbond substituents is 1. The molecular formula is C13H19ClN2O4. The van der Waals surface area contributed by atoms with E-state index in [9.17, 15) is 15.2 Å². The summed E-state index contributed by atoms with van der Waals surface area (Å²) in [4.78, 5) is 10.6. The van der Waals surface area contributed by atoms with Crippen LogP contribution in [-0.2, 0) is 4.74 Å². The number of nitrogens with two attached hydrogens (primary N) is 1. The Hall–Kier alpha value is -1.37. The Labute approximate surface area is 123 Å². The van der Waals surface area contributed by atoms with Crippen LogP contribution in [0.3, 0.4) is 0 Å². The summed E-state index contributed by atoms with van der Waals surface area (Å²) in [6.45, 7) is 2.93. The highest BCUT2D eigenvalue weighted by molar-refractivity contribution is 5.85. The molecule has 0 aliphatic carbocycles. The van der Waals surface area contributed by atoms with E-state index in [1.807, 2.05) is 0 Å². The van der Waals surface area contributed by atoms with E-state index >= 15 is 0 Å². The van der Waals surface area contributed by atoms with E-state index in [1.54, 1.807) is 6.92 Å². The van der Waals surface area contributed by atoms with E-state index in [0.717, 1.165) is 12.8 Å². The minimum Gasteiger partial charge on any atom is -0.507 e. The SMILES string of the molecule is Cc1ccc([N+](=O)[O-])c([C@H](N)C2CCOCC2)c1O.Cl. The zero-order valence-corrected chi connectivity index (χ0v) is 12.1. The number of aryl methyl sites for hydroxylation is 1. The lowest BCUT2D eigenvalue weighted by Crippen LogP contribution is -2.28. The van der Waals surface area contributed by atoms with E-state index in [1.165, 1.54) is 12.1 Å². The number of nitro groups is 1. The Morgan fingerprint density at radius 3 is 2.60 bits per heavy atom. The molecule has 2 rings (SSSR count). The van der Waals surface area contributed by atoms with Gasteiger partial charge in [-0.15, -0.1) is 12.4 Å². The normalized spacial score (nSPS) is 17.3. The zero-order chi connectivity index (χ0) is 14.0. The highest BCUT2D eigenvalue weighted by atomic mass is 35.5. The number of nitrogens with zero attached hydrogens (tertiary/aromatic N) is 1. The van der Waals surface area contributed by atoms with Crippen molar-refractivity contribution in [2.45, 2.75) is 25.8 Å². The number of nitro benzene ring substituents is 1. The molecule has 0 unspecified atom stereocenters. The fourth-order valence-electron chi connectivity index (χ4n) is 2.50. The highest BCUT2D eigenvalue weighted by Gasteiger charge is 2.31. The molecule has 1 saturated heterocycles. The standard InChI is InChI=1S/C13H18N2O4.ClH/c1-8-2-3-10(15(17)18)11(13(8)16)12(14)9-4-6-19-7-5-9;/h2-3,9,12,16H,4-7,14H2,1H3;1H/t12-;/m1./s1. The van der Waals surface area contributed by atoms with Crippen molar-refractivity contribution < 1.29 is 14.8 Å². The topological polar surface area (TPSA) is 98.6 Å². The average Bonchev–Trinajstić information content (AvgIpc) is 2.41. The number of aromatic hydroxyl groups is 1. The smallest absolute Gasteiger partial charge is 0.277 e. The predicted molar refractivity (Wildman–Crippen MR) is 77.2 cm³/mol. The van der Waals surface area contributed by atoms with Gasteiger partial charge in [0.25, 0.3) is 5.69 Å². The van der Waals surface area contributed by atoms with Crippen molar-refractivity contribution in [1.82, 2.24) is 0 Å². The van der Waals surface area contributed by atoms with Crippen molar-refractivity contribution in [1.29, 1.82) is 0 Å². The van der Waals surface area contributed by atoms with Gasteiger partial charge in [0.15, 0.2) is 0 Å². The number of rotatable bonds is 3. The van der Waals surface area contributed by atoms with Gasteiger partial charge in [0.05, 0.1) is 10.5 Å². The Balaban J connectivity index is 0.00000200. The summed E-state index contributed by atoms with van der Waals surface area (Å²) in [5.74, 6) is 0.0355. The fourth-order valence-corrected chi connectivity index (χ4v) is 2.50. The van der Waals surface area contributed by atoms with Crippen molar-refractivity contribution in [2.75, 3.05) is 13.2 Å². The molecule has 1 fully saturated rings. The van der Waals surface area contributed by atoms with Crippen LogP contribution in [0.15, 0.2) is 12.1 Å². The van der Waals surface area contributed by atoms with Crippen molar-refractivity contribution in [3.05, 3.63) is 33.4 Å². The summed E-state index contributed by atoms with van der Waals surface area (Å²) < 4.78 is 5.27. The van der Waals surface area contributed by atoms with Crippen LogP contribution >= 0.6 is 12.4 Å². The molecule has 0 bridgehead atoms. The summed E-state index contributed by atoms with van der Waals surface area (Å²) in [6.07, 6.45) is 1.51. The van der Waals surface area contributed by atoms with Gasteiger partial charge in [-0.2, -0.15) is 0 Å². The van der Waals surface area contributed by atoms with Crippen LogP contribution in [0.1, 0.15) is 30.0 Å². The number of ether oxygens (including phenoxy) is 1. The summed E-state index contributed by atoms with van der Waals surface area (Å²) in [6, 6.07) is 2.40. The molecule has 112 valence electrons. The monoisotopic (exact) mass is 302 g/mol. The van der Waals surface area contributed by atoms with Crippen molar-refractivity contribution in [3.8, 4) is 5.75 Å². The lowest BCUT2D eigenvalue weighted by atomic mass is 9.86. The molecule has 1 aromatic rings. The van der Waals surface area contributed by atoms with Crippen LogP contribution in [-0.4, -0.2) is 23.2 Å². The van der Waals surface area contributed by atoms with Gasteiger partial charge in [-0.05, 0) is 37.3 Å². The van der Waals surface area contributed by atoms with Gasteiger partial charge >= 0.3 is 0 Å². The number of halogens is 1. The number of phenols is 1. The lowest BCUT2D eigenvalue weighted by molar-refractivity contribution is -0.385. The Bertz CT molecular complexity index is 490. The average molecular weight is 303 g/mol. The zero-order valence-electron chi connectivity index (χ0n) is 11.2. The summed E-state index contributed by atoms with van der Waals surface area (Å²) in [5, 5.41) is 21.2. The van der Waals surface area contributed by atoms with Crippen LogP contribution in [0.5, 0.6) is 5.75 Å². The maximum Gasteiger partial charge on any atom is 0.277 e. The van der Waals surface area contributed by atoms with Gasteiger partial charge in [0, 0.05) is 25.3 Å². The Kier molecular flexibility index (Phi) is 5.74. The summed E-state index contributed by atoms with van der Waals surface area (Å²) >= 11 is 0. The molecule has 1 aliphatic rings. The van der Waals surface area contributed by atoms with Gasteiger partial charge in [-0.25, -0.2) is 0 Å². The van der Waals surface area contributed by atoms with E-state index in [0.29, 0.717) is 18.8 Å². The maximum absolute atomic E-state index is 11.1. The molecular weight excluding hydrogens is 284 g/mol. The first-order chi connectivity index (χ1) is 9.02. The second-order valence-corrected chi connectivity index (χ2v) is 4.90. The number of hydrogen-bond donors (Lipinski definition) is 2. The Morgan fingerprint density at radius 1 is 1.45 bits per heavy atom. The van der Waals surface area contributed by atoms with Gasteiger partial charge < -0.3 is 15.6 Å². The van der Waals surface area contributed by atoms with Crippen LogP contribution in [0.25, 0.3) is 0 Å². The van der Waals surface area contributed by atoms with Crippen molar-refractivity contribution in [3.63, 3.8) is 0 Å².